The van der Waals surface area contributed by atoms with Gasteiger partial charge < -0.3 is 15.7 Å². The van der Waals surface area contributed by atoms with Crippen LogP contribution in [0, 0.1) is 0 Å². The predicted octanol–water partition coefficient (Wildman–Crippen LogP) is 1.53. The van der Waals surface area contributed by atoms with Crippen molar-refractivity contribution in [2.24, 2.45) is 0 Å². The number of benzene rings is 1. The molecule has 0 atom stereocenters. The summed E-state index contributed by atoms with van der Waals surface area (Å²) in [4.78, 5) is 14.5. The zero-order valence-electron chi connectivity index (χ0n) is 11.4. The number of nitrogens with two attached hydrogens (primary N) is 1. The van der Waals surface area contributed by atoms with Gasteiger partial charge in [-0.3, -0.25) is 4.79 Å². The van der Waals surface area contributed by atoms with E-state index < -0.39 is 0 Å². The normalized spacial score (nSPS) is 16.1. The van der Waals surface area contributed by atoms with Gasteiger partial charge in [0.15, 0.2) is 0 Å². The first-order valence-electron chi connectivity index (χ1n) is 6.90. The van der Waals surface area contributed by atoms with Crippen LogP contribution >= 0.6 is 0 Å². The first-order valence-corrected chi connectivity index (χ1v) is 6.90. The molecule has 0 spiro atoms. The Labute approximate surface area is 114 Å². The van der Waals surface area contributed by atoms with Gasteiger partial charge in [0.05, 0.1) is 5.41 Å². The second-order valence-electron chi connectivity index (χ2n) is 5.17. The second-order valence-corrected chi connectivity index (χ2v) is 5.17. The molecule has 104 valence electrons. The summed E-state index contributed by atoms with van der Waals surface area (Å²) in [5, 5.41) is 8.91. The number of rotatable bonds is 6. The van der Waals surface area contributed by atoms with Gasteiger partial charge >= 0.3 is 0 Å². The molecule has 1 aliphatic rings. The van der Waals surface area contributed by atoms with Gasteiger partial charge in [-0.25, -0.2) is 0 Å². The minimum Gasteiger partial charge on any atom is -0.399 e. The second kappa shape index (κ2) is 5.61. The number of nitrogens with zero attached hydrogens (tertiary/aromatic N) is 1. The summed E-state index contributed by atoms with van der Waals surface area (Å²) in [6.07, 6.45) is 2.45. The van der Waals surface area contributed by atoms with Gasteiger partial charge in [-0.05, 0) is 43.9 Å². The van der Waals surface area contributed by atoms with Gasteiger partial charge in [0.2, 0.25) is 5.91 Å². The molecule has 0 aliphatic heterocycles. The molecule has 1 aliphatic carbocycles. The average molecular weight is 262 g/mol. The molecule has 0 saturated heterocycles. The van der Waals surface area contributed by atoms with Crippen molar-refractivity contribution in [3.05, 3.63) is 29.8 Å². The van der Waals surface area contributed by atoms with Gasteiger partial charge in [-0.15, -0.1) is 0 Å². The fourth-order valence-electron chi connectivity index (χ4n) is 2.52. The van der Waals surface area contributed by atoms with E-state index in [4.69, 9.17) is 10.8 Å². The van der Waals surface area contributed by atoms with E-state index in [1.54, 1.807) is 0 Å². The third-order valence-electron chi connectivity index (χ3n) is 3.88. The zero-order valence-corrected chi connectivity index (χ0v) is 11.4. The van der Waals surface area contributed by atoms with Gasteiger partial charge in [0, 0.05) is 25.4 Å². The molecule has 1 saturated carbocycles. The minimum atomic E-state index is -0.334. The highest BCUT2D eigenvalue weighted by atomic mass is 16.3. The van der Waals surface area contributed by atoms with E-state index in [1.807, 2.05) is 36.1 Å². The molecular weight excluding hydrogens is 240 g/mol. The van der Waals surface area contributed by atoms with Crippen molar-refractivity contribution < 1.29 is 9.90 Å². The van der Waals surface area contributed by atoms with Crippen LogP contribution in [0.2, 0.25) is 0 Å². The molecule has 0 radical (unpaired) electrons. The van der Waals surface area contributed by atoms with Crippen LogP contribution in [0.1, 0.15) is 31.7 Å². The van der Waals surface area contributed by atoms with Crippen molar-refractivity contribution in [1.29, 1.82) is 0 Å². The Bertz CT molecular complexity index is 438. The molecule has 0 bridgehead atoms. The lowest BCUT2D eigenvalue weighted by molar-refractivity contribution is -0.133. The van der Waals surface area contributed by atoms with Crippen LogP contribution in [-0.2, 0) is 10.2 Å². The minimum absolute atomic E-state index is 0.124. The fourth-order valence-corrected chi connectivity index (χ4v) is 2.52. The summed E-state index contributed by atoms with van der Waals surface area (Å²) in [6, 6.07) is 7.62. The highest BCUT2D eigenvalue weighted by molar-refractivity contribution is 5.91. The molecule has 2 rings (SSSR count). The predicted molar refractivity (Wildman–Crippen MR) is 75.7 cm³/mol. The van der Waals surface area contributed by atoms with Crippen LogP contribution in [0.4, 0.5) is 5.69 Å². The van der Waals surface area contributed by atoms with Crippen molar-refractivity contribution in [3.63, 3.8) is 0 Å². The third kappa shape index (κ3) is 2.73. The van der Waals surface area contributed by atoms with Crippen LogP contribution < -0.4 is 5.73 Å². The lowest BCUT2D eigenvalue weighted by Crippen LogP contribution is -2.40. The van der Waals surface area contributed by atoms with E-state index in [0.29, 0.717) is 19.5 Å². The van der Waals surface area contributed by atoms with Gasteiger partial charge in [0.1, 0.15) is 0 Å². The van der Waals surface area contributed by atoms with Gasteiger partial charge in [0.25, 0.3) is 0 Å². The number of aliphatic hydroxyl groups excluding tert-OH is 1. The summed E-state index contributed by atoms with van der Waals surface area (Å²) < 4.78 is 0. The number of aliphatic hydroxyl groups is 1. The number of likely N-dealkylation sites (N-methyl/N-ethyl adjacent to an activating group) is 1. The smallest absolute Gasteiger partial charge is 0.233 e. The van der Waals surface area contributed by atoms with Crippen molar-refractivity contribution in [1.82, 2.24) is 4.90 Å². The van der Waals surface area contributed by atoms with E-state index >= 15 is 0 Å². The van der Waals surface area contributed by atoms with E-state index in [9.17, 15) is 4.79 Å². The van der Waals surface area contributed by atoms with E-state index in [2.05, 4.69) is 0 Å². The molecule has 4 heteroatoms. The summed E-state index contributed by atoms with van der Waals surface area (Å²) in [6.45, 7) is 3.42. The monoisotopic (exact) mass is 262 g/mol. The lowest BCUT2D eigenvalue weighted by atomic mass is 9.94. The largest absolute Gasteiger partial charge is 0.399 e. The first kappa shape index (κ1) is 13.9. The summed E-state index contributed by atoms with van der Waals surface area (Å²) in [7, 11) is 0. The van der Waals surface area contributed by atoms with Crippen molar-refractivity contribution in [2.45, 2.75) is 31.6 Å². The lowest BCUT2D eigenvalue weighted by Gasteiger charge is -2.26. The van der Waals surface area contributed by atoms with Crippen LogP contribution in [0.15, 0.2) is 24.3 Å². The molecule has 1 fully saturated rings. The number of amides is 1. The average Bonchev–Trinajstić information content (AvgIpc) is 3.22. The Morgan fingerprint density at radius 1 is 1.37 bits per heavy atom. The highest BCUT2D eigenvalue weighted by Crippen LogP contribution is 2.49. The summed E-state index contributed by atoms with van der Waals surface area (Å²) in [5.74, 6) is 0.188. The number of nitrogen functional groups attached to an aromatic ring is 1. The standard InChI is InChI=1S/C15H22N2O2/c1-2-17(10-3-11-18)14(19)15(8-9-15)12-4-6-13(16)7-5-12/h4-7,18H,2-3,8-11,16H2,1H3. The van der Waals surface area contributed by atoms with Crippen molar-refractivity contribution in [2.75, 3.05) is 25.4 Å². The maximum absolute atomic E-state index is 12.7. The maximum Gasteiger partial charge on any atom is 0.233 e. The Hall–Kier alpha value is -1.55. The van der Waals surface area contributed by atoms with Crippen molar-refractivity contribution in [3.8, 4) is 0 Å². The van der Waals surface area contributed by atoms with E-state index in [-0.39, 0.29) is 17.9 Å². The van der Waals surface area contributed by atoms with Gasteiger partial charge in [-0.1, -0.05) is 12.1 Å². The topological polar surface area (TPSA) is 66.6 Å². The Kier molecular flexibility index (Phi) is 4.10. The third-order valence-corrected chi connectivity index (χ3v) is 3.88. The first-order chi connectivity index (χ1) is 9.14. The molecule has 0 unspecified atom stereocenters. The Morgan fingerprint density at radius 3 is 2.47 bits per heavy atom. The Balaban J connectivity index is 2.15. The van der Waals surface area contributed by atoms with Crippen molar-refractivity contribution >= 4 is 11.6 Å². The van der Waals surface area contributed by atoms with E-state index in [0.717, 1.165) is 24.1 Å². The number of anilines is 1. The molecule has 0 aromatic heterocycles. The molecule has 0 heterocycles. The Morgan fingerprint density at radius 2 is 2.00 bits per heavy atom. The molecule has 4 nitrogen and oxygen atoms in total. The summed E-state index contributed by atoms with van der Waals surface area (Å²) >= 11 is 0. The number of hydrogen-bond donors (Lipinski definition) is 2. The van der Waals surface area contributed by atoms with Crippen LogP contribution in [0.3, 0.4) is 0 Å². The number of hydrogen-bond acceptors (Lipinski definition) is 3. The fraction of sp³-hybridized carbons (Fsp3) is 0.533. The van der Waals surface area contributed by atoms with E-state index in [1.165, 1.54) is 0 Å². The molecule has 1 aromatic carbocycles. The molecule has 1 aromatic rings. The maximum atomic E-state index is 12.7. The molecule has 1 amide bonds. The molecule has 19 heavy (non-hydrogen) atoms. The zero-order chi connectivity index (χ0) is 13.9. The number of carbonyl (C=O) groups excluding carboxylic acids is 1. The highest BCUT2D eigenvalue weighted by Gasteiger charge is 2.52. The summed E-state index contributed by atoms with van der Waals surface area (Å²) in [5.41, 5.74) is 7.15. The van der Waals surface area contributed by atoms with Crippen LogP contribution in [0.5, 0.6) is 0 Å². The van der Waals surface area contributed by atoms with Crippen LogP contribution in [-0.4, -0.2) is 35.6 Å². The molecule has 3 N–H and O–H groups in total. The van der Waals surface area contributed by atoms with Gasteiger partial charge in [-0.2, -0.15) is 0 Å². The van der Waals surface area contributed by atoms with Crippen LogP contribution in [0.25, 0.3) is 0 Å². The SMILES string of the molecule is CCN(CCCO)C(=O)C1(c2ccc(N)cc2)CC1. The molecular formula is C15H22N2O2. The number of carbonyl (C=O) groups is 1. The quantitative estimate of drug-likeness (QED) is 0.764.